The molecule has 0 unspecified atom stereocenters. The van der Waals surface area contributed by atoms with Crippen LogP contribution in [0.25, 0.3) is 11.3 Å². The highest BCUT2D eigenvalue weighted by Crippen LogP contribution is 2.44. The topological polar surface area (TPSA) is 99.2 Å². The van der Waals surface area contributed by atoms with Crippen LogP contribution in [0.3, 0.4) is 0 Å². The normalized spacial score (nSPS) is 15.2. The average molecular weight is 410 g/mol. The van der Waals surface area contributed by atoms with Crippen LogP contribution in [-0.4, -0.2) is 32.2 Å². The number of carboxylic acids is 1. The third-order valence-electron chi connectivity index (χ3n) is 5.49. The van der Waals surface area contributed by atoms with Crippen molar-refractivity contribution < 1.29 is 14.7 Å². The number of nitrogens with one attached hydrogen (secondary N) is 1. The summed E-state index contributed by atoms with van der Waals surface area (Å²) >= 11 is 0. The number of hydrogen-bond acceptors (Lipinski definition) is 4. The Hall–Kier alpha value is -4.26. The molecule has 1 aliphatic rings. The lowest BCUT2D eigenvalue weighted by Crippen LogP contribution is -2.29. The predicted molar refractivity (Wildman–Crippen MR) is 115 cm³/mol. The fraction of sp³-hybridized carbons (Fsp3) is 0.0833. The van der Waals surface area contributed by atoms with Crippen molar-refractivity contribution in [3.05, 3.63) is 101 Å². The van der Waals surface area contributed by atoms with Crippen molar-refractivity contribution in [1.82, 2.24) is 15.2 Å². The molecule has 1 aliphatic heterocycles. The molecule has 7 nitrogen and oxygen atoms in total. The Labute approximate surface area is 178 Å². The molecule has 0 aliphatic carbocycles. The van der Waals surface area contributed by atoms with Gasteiger partial charge in [-0.15, -0.1) is 0 Å². The zero-order valence-corrected chi connectivity index (χ0v) is 16.6. The summed E-state index contributed by atoms with van der Waals surface area (Å²) in [6.07, 6.45) is 3.42. The van der Waals surface area contributed by atoms with Gasteiger partial charge in [-0.05, 0) is 42.8 Å². The largest absolute Gasteiger partial charge is 0.478 e. The van der Waals surface area contributed by atoms with E-state index in [4.69, 9.17) is 0 Å². The van der Waals surface area contributed by atoms with E-state index in [1.807, 2.05) is 43.3 Å². The maximum Gasteiger partial charge on any atom is 0.335 e. The molecular formula is C24H18N4O3. The molecule has 0 bridgehead atoms. The number of benzene rings is 2. The van der Waals surface area contributed by atoms with E-state index in [2.05, 4.69) is 15.2 Å². The van der Waals surface area contributed by atoms with Crippen LogP contribution in [0.5, 0.6) is 0 Å². The number of aromatic amines is 1. The number of H-pyrrole nitrogens is 1. The number of anilines is 1. The van der Waals surface area contributed by atoms with Gasteiger partial charge < -0.3 is 5.11 Å². The molecule has 152 valence electrons. The van der Waals surface area contributed by atoms with Crippen LogP contribution in [0.15, 0.2) is 73.1 Å². The number of hydrogen-bond donors (Lipinski definition) is 2. The van der Waals surface area contributed by atoms with Crippen molar-refractivity contribution in [3.63, 3.8) is 0 Å². The number of carbonyl (C=O) groups is 2. The third-order valence-corrected chi connectivity index (χ3v) is 5.49. The zero-order valence-electron chi connectivity index (χ0n) is 16.6. The molecule has 2 aromatic heterocycles. The van der Waals surface area contributed by atoms with E-state index in [1.165, 1.54) is 12.1 Å². The molecule has 2 aromatic carbocycles. The highest BCUT2D eigenvalue weighted by atomic mass is 16.4. The standard InChI is InChI=1S/C24H18N4O3/c1-14-4-6-15(7-5-14)20-19-21(27-26-20)23(29)28(22(19)17-3-2-12-25-13-17)18-10-8-16(9-11-18)24(30)31/h2-13,22H,1H3,(H,26,27)(H,30,31)/t22-/m0/s1. The van der Waals surface area contributed by atoms with E-state index >= 15 is 0 Å². The van der Waals surface area contributed by atoms with Crippen LogP contribution < -0.4 is 4.90 Å². The van der Waals surface area contributed by atoms with Crippen LogP contribution in [0.1, 0.15) is 43.6 Å². The molecule has 4 aromatic rings. The summed E-state index contributed by atoms with van der Waals surface area (Å²) < 4.78 is 0. The Kier molecular flexibility index (Phi) is 4.36. The molecular weight excluding hydrogens is 392 g/mol. The second-order valence-electron chi connectivity index (χ2n) is 7.44. The third kappa shape index (κ3) is 3.07. The van der Waals surface area contributed by atoms with Crippen molar-refractivity contribution in [2.24, 2.45) is 0 Å². The number of aromatic nitrogens is 3. The Balaban J connectivity index is 1.68. The van der Waals surface area contributed by atoms with Gasteiger partial charge in [0.25, 0.3) is 5.91 Å². The van der Waals surface area contributed by atoms with Crippen molar-refractivity contribution in [3.8, 4) is 11.3 Å². The van der Waals surface area contributed by atoms with Crippen LogP contribution in [0.4, 0.5) is 5.69 Å². The number of aromatic carboxylic acids is 1. The van der Waals surface area contributed by atoms with Crippen LogP contribution in [0.2, 0.25) is 0 Å². The van der Waals surface area contributed by atoms with Crippen LogP contribution in [-0.2, 0) is 0 Å². The number of rotatable bonds is 4. The second kappa shape index (κ2) is 7.21. The Bertz CT molecular complexity index is 1280. The maximum absolute atomic E-state index is 13.4. The summed E-state index contributed by atoms with van der Waals surface area (Å²) in [5.74, 6) is -1.24. The van der Waals surface area contributed by atoms with Gasteiger partial charge in [-0.3, -0.25) is 19.8 Å². The number of pyridine rings is 1. The van der Waals surface area contributed by atoms with Gasteiger partial charge in [-0.25, -0.2) is 4.79 Å². The molecule has 7 heteroatoms. The van der Waals surface area contributed by atoms with E-state index in [1.54, 1.807) is 29.4 Å². The van der Waals surface area contributed by atoms with Crippen LogP contribution >= 0.6 is 0 Å². The average Bonchev–Trinajstić information content (AvgIpc) is 3.34. The number of amides is 1. The quantitative estimate of drug-likeness (QED) is 0.525. The molecule has 31 heavy (non-hydrogen) atoms. The molecule has 2 N–H and O–H groups in total. The minimum Gasteiger partial charge on any atom is -0.478 e. The monoisotopic (exact) mass is 410 g/mol. The summed E-state index contributed by atoms with van der Waals surface area (Å²) in [5, 5.41) is 16.6. The Morgan fingerprint density at radius 1 is 1.06 bits per heavy atom. The second-order valence-corrected chi connectivity index (χ2v) is 7.44. The Morgan fingerprint density at radius 2 is 1.81 bits per heavy atom. The highest BCUT2D eigenvalue weighted by molar-refractivity contribution is 6.11. The summed E-state index contributed by atoms with van der Waals surface area (Å²) in [6, 6.07) is 17.6. The van der Waals surface area contributed by atoms with Crippen molar-refractivity contribution >= 4 is 17.6 Å². The number of nitrogens with zero attached hydrogens (tertiary/aromatic N) is 3. The molecule has 0 saturated heterocycles. The van der Waals surface area contributed by atoms with E-state index < -0.39 is 12.0 Å². The lowest BCUT2D eigenvalue weighted by molar-refractivity contribution is 0.0696. The van der Waals surface area contributed by atoms with Crippen molar-refractivity contribution in [1.29, 1.82) is 0 Å². The van der Waals surface area contributed by atoms with Gasteiger partial charge in [-0.2, -0.15) is 5.10 Å². The van der Waals surface area contributed by atoms with E-state index in [0.717, 1.165) is 22.3 Å². The first-order valence-electron chi connectivity index (χ1n) is 9.76. The first kappa shape index (κ1) is 18.7. The number of carboxylic acid groups (broad SMARTS) is 1. The number of fused-ring (bicyclic) bond motifs is 1. The molecule has 1 atom stereocenters. The summed E-state index contributed by atoms with van der Waals surface area (Å²) in [7, 11) is 0. The number of carbonyl (C=O) groups excluding carboxylic acids is 1. The van der Waals surface area contributed by atoms with Gasteiger partial charge in [0.05, 0.1) is 17.3 Å². The molecule has 0 spiro atoms. The summed E-state index contributed by atoms with van der Waals surface area (Å²) in [6.45, 7) is 2.02. The fourth-order valence-electron chi connectivity index (χ4n) is 3.96. The molecule has 3 heterocycles. The fourth-order valence-corrected chi connectivity index (χ4v) is 3.96. The van der Waals surface area contributed by atoms with Gasteiger partial charge in [0.15, 0.2) is 0 Å². The van der Waals surface area contributed by atoms with Gasteiger partial charge in [-0.1, -0.05) is 35.9 Å². The first-order chi connectivity index (χ1) is 15.0. The van der Waals surface area contributed by atoms with E-state index in [9.17, 15) is 14.7 Å². The molecule has 5 rings (SSSR count). The minimum absolute atomic E-state index is 0.161. The Morgan fingerprint density at radius 3 is 2.45 bits per heavy atom. The lowest BCUT2D eigenvalue weighted by Gasteiger charge is -2.26. The molecule has 1 amide bonds. The summed E-state index contributed by atoms with van der Waals surface area (Å²) in [4.78, 5) is 30.6. The molecule has 0 saturated carbocycles. The first-order valence-corrected chi connectivity index (χ1v) is 9.76. The molecule has 0 radical (unpaired) electrons. The highest BCUT2D eigenvalue weighted by Gasteiger charge is 2.43. The minimum atomic E-state index is -1.01. The van der Waals surface area contributed by atoms with E-state index in [0.29, 0.717) is 17.1 Å². The summed E-state index contributed by atoms with van der Waals surface area (Å²) in [5.41, 5.74) is 5.56. The maximum atomic E-state index is 13.4. The predicted octanol–water partition coefficient (Wildman–Crippen LogP) is 4.23. The smallest absolute Gasteiger partial charge is 0.335 e. The van der Waals surface area contributed by atoms with Crippen molar-refractivity contribution in [2.45, 2.75) is 13.0 Å². The SMILES string of the molecule is Cc1ccc(-c2n[nH]c3c2[C@H](c2cccnc2)N(c2ccc(C(=O)O)cc2)C3=O)cc1. The van der Waals surface area contributed by atoms with Crippen LogP contribution in [0, 0.1) is 6.92 Å². The van der Waals surface area contributed by atoms with E-state index in [-0.39, 0.29) is 11.5 Å². The molecule has 0 fully saturated rings. The van der Waals surface area contributed by atoms with Gasteiger partial charge in [0.1, 0.15) is 5.69 Å². The lowest BCUT2D eigenvalue weighted by atomic mass is 9.96. The van der Waals surface area contributed by atoms with Crippen molar-refractivity contribution in [2.75, 3.05) is 4.90 Å². The van der Waals surface area contributed by atoms with Gasteiger partial charge in [0, 0.05) is 29.2 Å². The number of aryl methyl sites for hydroxylation is 1. The van der Waals surface area contributed by atoms with Gasteiger partial charge >= 0.3 is 5.97 Å². The zero-order chi connectivity index (χ0) is 21.5. The van der Waals surface area contributed by atoms with Gasteiger partial charge in [0.2, 0.25) is 0 Å².